The summed E-state index contributed by atoms with van der Waals surface area (Å²) in [6, 6.07) is 4.20. The molecule has 0 spiro atoms. The first-order chi connectivity index (χ1) is 8.99. The Hall–Kier alpha value is -1.55. The van der Waals surface area contributed by atoms with Gasteiger partial charge in [-0.25, -0.2) is 4.39 Å². The number of hydrogen-bond acceptors (Lipinski definition) is 3. The lowest BCUT2D eigenvalue weighted by Crippen LogP contribution is -1.95. The summed E-state index contributed by atoms with van der Waals surface area (Å²) in [5.41, 5.74) is 7.15. The van der Waals surface area contributed by atoms with E-state index in [9.17, 15) is 4.39 Å². The number of nitrogen functional groups attached to an aromatic ring is 1. The topological polar surface area (TPSA) is 52.0 Å². The highest BCUT2D eigenvalue weighted by Gasteiger charge is 2.18. The molecule has 0 saturated carbocycles. The van der Waals surface area contributed by atoms with Gasteiger partial charge in [-0.15, -0.1) is 0 Å². The van der Waals surface area contributed by atoms with Gasteiger partial charge in [0.05, 0.1) is 10.6 Å². The fourth-order valence-corrected chi connectivity index (χ4v) is 2.17. The van der Waals surface area contributed by atoms with E-state index in [-0.39, 0.29) is 11.6 Å². The number of hydrogen-bond donors (Lipinski definition) is 1. The molecule has 1 aromatic carbocycles. The number of aromatic nitrogens is 1. The van der Waals surface area contributed by atoms with E-state index >= 15 is 0 Å². The maximum absolute atomic E-state index is 13.1. The molecule has 0 saturated heterocycles. The third-order valence-corrected chi connectivity index (χ3v) is 3.25. The summed E-state index contributed by atoms with van der Waals surface area (Å²) < 4.78 is 18.3. The number of anilines is 1. The molecule has 2 N–H and O–H groups in total. The Morgan fingerprint density at radius 3 is 2.79 bits per heavy atom. The largest absolute Gasteiger partial charge is 0.380 e. The monoisotopic (exact) mass is 282 g/mol. The van der Waals surface area contributed by atoms with Crippen molar-refractivity contribution in [2.45, 2.75) is 26.7 Å². The fourth-order valence-electron chi connectivity index (χ4n) is 1.91. The van der Waals surface area contributed by atoms with E-state index in [4.69, 9.17) is 21.9 Å². The van der Waals surface area contributed by atoms with E-state index in [0.29, 0.717) is 27.8 Å². The highest BCUT2D eigenvalue weighted by atomic mass is 35.5. The van der Waals surface area contributed by atoms with Crippen LogP contribution in [-0.4, -0.2) is 5.16 Å². The predicted molar refractivity (Wildman–Crippen MR) is 74.5 cm³/mol. The zero-order valence-corrected chi connectivity index (χ0v) is 11.7. The lowest BCUT2D eigenvalue weighted by Gasteiger charge is -2.06. The van der Waals surface area contributed by atoms with Crippen LogP contribution in [0.3, 0.4) is 0 Å². The van der Waals surface area contributed by atoms with Crippen molar-refractivity contribution in [2.24, 2.45) is 5.92 Å². The maximum Gasteiger partial charge on any atom is 0.175 e. The second-order valence-corrected chi connectivity index (χ2v) is 5.33. The molecule has 0 aliphatic heterocycles. The summed E-state index contributed by atoms with van der Waals surface area (Å²) in [7, 11) is 0. The van der Waals surface area contributed by atoms with Gasteiger partial charge in [0.25, 0.3) is 0 Å². The molecular formula is C14H16ClFN2O. The van der Waals surface area contributed by atoms with Crippen LogP contribution in [0.15, 0.2) is 22.7 Å². The molecule has 0 bridgehead atoms. The minimum Gasteiger partial charge on any atom is -0.380 e. The molecule has 0 unspecified atom stereocenters. The Labute approximate surface area is 116 Å². The van der Waals surface area contributed by atoms with Gasteiger partial charge in [0.15, 0.2) is 5.82 Å². The van der Waals surface area contributed by atoms with Crippen LogP contribution >= 0.6 is 11.6 Å². The molecule has 0 atom stereocenters. The average molecular weight is 283 g/mol. The molecule has 5 heteroatoms. The number of benzene rings is 1. The standard InChI is InChI=1S/C14H16ClFN2O/c1-8(2)3-6-12-13(14(17)18-19-12)10-5-4-9(16)7-11(10)15/h4-5,7-8H,3,6H2,1-2H3,(H2,17,18). The van der Waals surface area contributed by atoms with Crippen molar-refractivity contribution in [3.63, 3.8) is 0 Å². The number of aryl methyl sites for hydroxylation is 1. The van der Waals surface area contributed by atoms with Crippen molar-refractivity contribution in [3.8, 4) is 11.1 Å². The van der Waals surface area contributed by atoms with Crippen LogP contribution in [0, 0.1) is 11.7 Å². The Balaban J connectivity index is 2.40. The van der Waals surface area contributed by atoms with Gasteiger partial charge in [-0.1, -0.05) is 30.6 Å². The Kier molecular flexibility index (Phi) is 4.10. The molecule has 0 amide bonds. The first kappa shape index (κ1) is 13.9. The Morgan fingerprint density at radius 1 is 1.42 bits per heavy atom. The number of nitrogens with zero attached hydrogens (tertiary/aromatic N) is 1. The highest BCUT2D eigenvalue weighted by Crippen LogP contribution is 2.35. The molecule has 2 aromatic rings. The van der Waals surface area contributed by atoms with Crippen molar-refractivity contribution in [1.29, 1.82) is 0 Å². The third-order valence-electron chi connectivity index (χ3n) is 2.94. The smallest absolute Gasteiger partial charge is 0.175 e. The van der Waals surface area contributed by atoms with Gasteiger partial charge in [0.2, 0.25) is 0 Å². The summed E-state index contributed by atoms with van der Waals surface area (Å²) in [6.07, 6.45) is 1.69. The molecular weight excluding hydrogens is 267 g/mol. The molecule has 0 aliphatic carbocycles. The van der Waals surface area contributed by atoms with Crippen LogP contribution < -0.4 is 5.73 Å². The normalized spacial score (nSPS) is 11.2. The second-order valence-electron chi connectivity index (χ2n) is 4.92. The van der Waals surface area contributed by atoms with Gasteiger partial charge >= 0.3 is 0 Å². The molecule has 102 valence electrons. The Morgan fingerprint density at radius 2 is 2.16 bits per heavy atom. The zero-order chi connectivity index (χ0) is 14.0. The molecule has 19 heavy (non-hydrogen) atoms. The van der Waals surface area contributed by atoms with Crippen LogP contribution in [-0.2, 0) is 6.42 Å². The lowest BCUT2D eigenvalue weighted by molar-refractivity contribution is 0.376. The summed E-state index contributed by atoms with van der Waals surface area (Å²) >= 11 is 6.06. The predicted octanol–water partition coefficient (Wildman–Crippen LogP) is 4.30. The molecule has 2 rings (SSSR count). The molecule has 0 fully saturated rings. The Bertz CT molecular complexity index is 581. The van der Waals surface area contributed by atoms with Crippen LogP contribution in [0.25, 0.3) is 11.1 Å². The van der Waals surface area contributed by atoms with Crippen LogP contribution in [0.4, 0.5) is 10.2 Å². The van der Waals surface area contributed by atoms with E-state index in [1.165, 1.54) is 12.1 Å². The summed E-state index contributed by atoms with van der Waals surface area (Å²) in [5.74, 6) is 1.14. The van der Waals surface area contributed by atoms with Crippen LogP contribution in [0.1, 0.15) is 26.0 Å². The van der Waals surface area contributed by atoms with Crippen molar-refractivity contribution in [1.82, 2.24) is 5.16 Å². The molecule has 3 nitrogen and oxygen atoms in total. The van der Waals surface area contributed by atoms with E-state index < -0.39 is 0 Å². The average Bonchev–Trinajstić information content (AvgIpc) is 2.68. The number of rotatable bonds is 4. The fraction of sp³-hybridized carbons (Fsp3) is 0.357. The van der Waals surface area contributed by atoms with Gasteiger partial charge in [-0.05, 0) is 30.5 Å². The van der Waals surface area contributed by atoms with E-state index in [0.717, 1.165) is 12.8 Å². The first-order valence-corrected chi connectivity index (χ1v) is 6.56. The molecule has 1 aromatic heterocycles. The van der Waals surface area contributed by atoms with Crippen molar-refractivity contribution in [2.75, 3.05) is 5.73 Å². The molecule has 0 aliphatic rings. The van der Waals surface area contributed by atoms with Crippen LogP contribution in [0.2, 0.25) is 5.02 Å². The van der Waals surface area contributed by atoms with E-state index in [2.05, 4.69) is 19.0 Å². The van der Waals surface area contributed by atoms with E-state index in [1.807, 2.05) is 0 Å². The minimum atomic E-state index is -0.382. The minimum absolute atomic E-state index is 0.285. The van der Waals surface area contributed by atoms with Crippen molar-refractivity contribution < 1.29 is 8.91 Å². The van der Waals surface area contributed by atoms with Crippen molar-refractivity contribution in [3.05, 3.63) is 34.8 Å². The number of nitrogens with two attached hydrogens (primary N) is 1. The van der Waals surface area contributed by atoms with Gasteiger partial charge in [-0.3, -0.25) is 0 Å². The molecule has 0 radical (unpaired) electrons. The summed E-state index contributed by atoms with van der Waals surface area (Å²) in [4.78, 5) is 0. The SMILES string of the molecule is CC(C)CCc1onc(N)c1-c1ccc(F)cc1Cl. The zero-order valence-electron chi connectivity index (χ0n) is 10.9. The van der Waals surface area contributed by atoms with Crippen LogP contribution in [0.5, 0.6) is 0 Å². The number of halogens is 2. The first-order valence-electron chi connectivity index (χ1n) is 6.18. The third kappa shape index (κ3) is 3.07. The lowest BCUT2D eigenvalue weighted by atomic mass is 10.0. The quantitative estimate of drug-likeness (QED) is 0.909. The van der Waals surface area contributed by atoms with Gasteiger partial charge in [0, 0.05) is 12.0 Å². The van der Waals surface area contributed by atoms with E-state index in [1.54, 1.807) is 6.07 Å². The van der Waals surface area contributed by atoms with Gasteiger partial charge in [-0.2, -0.15) is 0 Å². The van der Waals surface area contributed by atoms with Gasteiger partial charge < -0.3 is 10.3 Å². The van der Waals surface area contributed by atoms with Gasteiger partial charge in [0.1, 0.15) is 11.6 Å². The summed E-state index contributed by atoms with van der Waals surface area (Å²) in [6.45, 7) is 4.26. The van der Waals surface area contributed by atoms with Crippen molar-refractivity contribution >= 4 is 17.4 Å². The maximum atomic E-state index is 13.1. The molecule has 1 heterocycles. The highest BCUT2D eigenvalue weighted by molar-refractivity contribution is 6.33. The summed E-state index contributed by atoms with van der Waals surface area (Å²) in [5, 5.41) is 4.09. The second kappa shape index (κ2) is 5.61.